The predicted octanol–water partition coefficient (Wildman–Crippen LogP) is 1.36. The molecule has 0 heterocycles. The lowest BCUT2D eigenvalue weighted by atomic mass is 10.3. The molecule has 84 valence electrons. The molecule has 1 atom stereocenters. The number of nitrogens with one attached hydrogen (secondary N) is 1. The standard InChI is InChI=1S/C10H15NO4/c1-5-11-10(13)15-8(4)6-14-9(12)7(2)3/h5,8H,1-2,6H2,3-4H3,(H,11,13). The highest BCUT2D eigenvalue weighted by molar-refractivity contribution is 5.86. The predicted molar refractivity (Wildman–Crippen MR) is 55.0 cm³/mol. The summed E-state index contributed by atoms with van der Waals surface area (Å²) in [7, 11) is 0. The zero-order valence-corrected chi connectivity index (χ0v) is 8.91. The van der Waals surface area contributed by atoms with Gasteiger partial charge in [0.05, 0.1) is 0 Å². The summed E-state index contributed by atoms with van der Waals surface area (Å²) in [5.74, 6) is -0.505. The van der Waals surface area contributed by atoms with Crippen LogP contribution in [-0.2, 0) is 14.3 Å². The van der Waals surface area contributed by atoms with Gasteiger partial charge in [-0.3, -0.25) is 5.32 Å². The Morgan fingerprint density at radius 1 is 1.53 bits per heavy atom. The van der Waals surface area contributed by atoms with Crippen molar-refractivity contribution in [2.24, 2.45) is 0 Å². The van der Waals surface area contributed by atoms with Crippen LogP contribution in [0.25, 0.3) is 0 Å². The summed E-state index contributed by atoms with van der Waals surface area (Å²) in [5.41, 5.74) is 0.303. The summed E-state index contributed by atoms with van der Waals surface area (Å²) >= 11 is 0. The molecule has 0 spiro atoms. The molecule has 1 N–H and O–H groups in total. The molecule has 0 rings (SSSR count). The first-order chi connectivity index (χ1) is 6.97. The van der Waals surface area contributed by atoms with Crippen LogP contribution in [0, 0.1) is 0 Å². The maximum atomic E-state index is 11.0. The average Bonchev–Trinajstić information content (AvgIpc) is 2.14. The van der Waals surface area contributed by atoms with Gasteiger partial charge in [-0.2, -0.15) is 0 Å². The molecule has 0 aliphatic carbocycles. The first-order valence-corrected chi connectivity index (χ1v) is 4.38. The van der Waals surface area contributed by atoms with Gasteiger partial charge >= 0.3 is 12.1 Å². The third kappa shape index (κ3) is 6.31. The Morgan fingerprint density at radius 3 is 2.60 bits per heavy atom. The third-order valence-corrected chi connectivity index (χ3v) is 1.33. The van der Waals surface area contributed by atoms with E-state index in [2.05, 4.69) is 18.5 Å². The summed E-state index contributed by atoms with van der Waals surface area (Å²) in [6.07, 6.45) is 0.0479. The highest BCUT2D eigenvalue weighted by Gasteiger charge is 2.11. The number of esters is 1. The van der Waals surface area contributed by atoms with E-state index in [9.17, 15) is 9.59 Å². The summed E-state index contributed by atoms with van der Waals surface area (Å²) in [4.78, 5) is 21.8. The molecule has 0 bridgehead atoms. The van der Waals surface area contributed by atoms with Crippen LogP contribution in [0.15, 0.2) is 24.9 Å². The Bertz CT molecular complexity index is 273. The molecule has 0 radical (unpaired) electrons. The zero-order chi connectivity index (χ0) is 11.8. The Kier molecular flexibility index (Phi) is 5.85. The summed E-state index contributed by atoms with van der Waals surface area (Å²) in [6.45, 7) is 9.85. The second-order valence-electron chi connectivity index (χ2n) is 2.94. The quantitative estimate of drug-likeness (QED) is 0.553. The molecule has 1 unspecified atom stereocenters. The number of carbonyl (C=O) groups is 2. The smallest absolute Gasteiger partial charge is 0.411 e. The molecule has 0 fully saturated rings. The number of hydrogen-bond acceptors (Lipinski definition) is 4. The molecule has 0 aromatic rings. The maximum Gasteiger partial charge on any atom is 0.411 e. The molecular weight excluding hydrogens is 198 g/mol. The van der Waals surface area contributed by atoms with Crippen LogP contribution in [0.2, 0.25) is 0 Å². The monoisotopic (exact) mass is 213 g/mol. The van der Waals surface area contributed by atoms with Crippen molar-refractivity contribution in [3.8, 4) is 0 Å². The molecule has 0 saturated heterocycles. The van der Waals surface area contributed by atoms with E-state index >= 15 is 0 Å². The van der Waals surface area contributed by atoms with E-state index in [1.54, 1.807) is 6.92 Å². The van der Waals surface area contributed by atoms with Crippen LogP contribution >= 0.6 is 0 Å². The van der Waals surface area contributed by atoms with Gasteiger partial charge in [0.15, 0.2) is 0 Å². The Balaban J connectivity index is 3.79. The van der Waals surface area contributed by atoms with Crippen molar-refractivity contribution in [3.05, 3.63) is 24.9 Å². The molecule has 0 aliphatic heterocycles. The van der Waals surface area contributed by atoms with Gasteiger partial charge in [-0.15, -0.1) is 0 Å². The number of hydrogen-bond donors (Lipinski definition) is 1. The second kappa shape index (κ2) is 6.64. The van der Waals surface area contributed by atoms with Crippen molar-refractivity contribution in [1.82, 2.24) is 5.32 Å². The van der Waals surface area contributed by atoms with Gasteiger partial charge in [0.25, 0.3) is 0 Å². The van der Waals surface area contributed by atoms with Gasteiger partial charge in [-0.1, -0.05) is 13.2 Å². The summed E-state index contributed by atoms with van der Waals surface area (Å²) in [6, 6.07) is 0. The number of carbonyl (C=O) groups excluding carboxylic acids is 2. The van der Waals surface area contributed by atoms with Crippen molar-refractivity contribution in [2.45, 2.75) is 20.0 Å². The van der Waals surface area contributed by atoms with E-state index in [0.717, 1.165) is 0 Å². The zero-order valence-electron chi connectivity index (χ0n) is 8.91. The van der Waals surface area contributed by atoms with Crippen LogP contribution in [0.3, 0.4) is 0 Å². The minimum absolute atomic E-state index is 0.00371. The largest absolute Gasteiger partial charge is 0.458 e. The first kappa shape index (κ1) is 13.2. The number of rotatable bonds is 5. The van der Waals surface area contributed by atoms with Crippen LogP contribution in [0.1, 0.15) is 13.8 Å². The summed E-state index contributed by atoms with van der Waals surface area (Å²) < 4.78 is 9.57. The minimum atomic E-state index is -0.635. The van der Waals surface area contributed by atoms with E-state index in [1.165, 1.54) is 13.1 Å². The van der Waals surface area contributed by atoms with Crippen molar-refractivity contribution in [1.29, 1.82) is 0 Å². The fourth-order valence-electron chi connectivity index (χ4n) is 0.650. The van der Waals surface area contributed by atoms with E-state index in [-0.39, 0.29) is 6.61 Å². The molecule has 0 saturated carbocycles. The van der Waals surface area contributed by atoms with Gasteiger partial charge < -0.3 is 9.47 Å². The topological polar surface area (TPSA) is 64.6 Å². The molecule has 5 nitrogen and oxygen atoms in total. The molecular formula is C10H15NO4. The lowest BCUT2D eigenvalue weighted by Gasteiger charge is -2.12. The van der Waals surface area contributed by atoms with Crippen LogP contribution in [0.4, 0.5) is 4.79 Å². The van der Waals surface area contributed by atoms with E-state index in [1.807, 2.05) is 0 Å². The molecule has 15 heavy (non-hydrogen) atoms. The Hall–Kier alpha value is -1.78. The van der Waals surface area contributed by atoms with Crippen molar-refractivity contribution in [3.63, 3.8) is 0 Å². The van der Waals surface area contributed by atoms with Gasteiger partial charge in [-0.25, -0.2) is 9.59 Å². The molecule has 1 amide bonds. The third-order valence-electron chi connectivity index (χ3n) is 1.33. The Morgan fingerprint density at radius 2 is 2.13 bits per heavy atom. The highest BCUT2D eigenvalue weighted by Crippen LogP contribution is 1.97. The SMILES string of the molecule is C=CNC(=O)OC(C)COC(=O)C(=C)C. The number of ether oxygens (including phenoxy) is 2. The van der Waals surface area contributed by atoms with Gasteiger partial charge in [-0.05, 0) is 20.0 Å². The van der Waals surface area contributed by atoms with Crippen LogP contribution in [0.5, 0.6) is 0 Å². The van der Waals surface area contributed by atoms with E-state index < -0.39 is 18.2 Å². The van der Waals surface area contributed by atoms with Crippen molar-refractivity contribution in [2.75, 3.05) is 6.61 Å². The molecule has 5 heteroatoms. The Labute approximate surface area is 88.7 Å². The molecule has 0 aromatic heterocycles. The van der Waals surface area contributed by atoms with Crippen molar-refractivity contribution < 1.29 is 19.1 Å². The van der Waals surface area contributed by atoms with E-state index in [0.29, 0.717) is 5.57 Å². The lowest BCUT2D eigenvalue weighted by Crippen LogP contribution is -2.27. The lowest BCUT2D eigenvalue weighted by molar-refractivity contribution is -0.141. The molecule has 0 aliphatic rings. The number of alkyl carbamates (subject to hydrolysis) is 1. The average molecular weight is 213 g/mol. The van der Waals surface area contributed by atoms with Gasteiger partial charge in [0, 0.05) is 5.57 Å². The van der Waals surface area contributed by atoms with E-state index in [4.69, 9.17) is 9.47 Å². The highest BCUT2D eigenvalue weighted by atomic mass is 16.6. The fraction of sp³-hybridized carbons (Fsp3) is 0.400. The first-order valence-electron chi connectivity index (χ1n) is 4.38. The maximum absolute atomic E-state index is 11.0. The minimum Gasteiger partial charge on any atom is -0.458 e. The van der Waals surface area contributed by atoms with Gasteiger partial charge in [0.1, 0.15) is 12.7 Å². The molecule has 0 aromatic carbocycles. The van der Waals surface area contributed by atoms with Gasteiger partial charge in [0.2, 0.25) is 0 Å². The summed E-state index contributed by atoms with van der Waals surface area (Å²) in [5, 5.41) is 2.23. The number of amides is 1. The normalized spacial score (nSPS) is 11.1. The van der Waals surface area contributed by atoms with Crippen LogP contribution < -0.4 is 5.32 Å². The fourth-order valence-corrected chi connectivity index (χ4v) is 0.650. The van der Waals surface area contributed by atoms with Crippen LogP contribution in [-0.4, -0.2) is 24.8 Å². The van der Waals surface area contributed by atoms with Crippen molar-refractivity contribution >= 4 is 12.1 Å². The second-order valence-corrected chi connectivity index (χ2v) is 2.94.